The summed E-state index contributed by atoms with van der Waals surface area (Å²) in [6.07, 6.45) is 0. The Morgan fingerprint density at radius 1 is 1.14 bits per heavy atom. The van der Waals surface area contributed by atoms with Crippen LogP contribution in [0.2, 0.25) is 5.02 Å². The normalized spacial score (nSPS) is 10.7. The lowest BCUT2D eigenvalue weighted by Crippen LogP contribution is -1.98. The summed E-state index contributed by atoms with van der Waals surface area (Å²) in [5.41, 5.74) is 1.74. The number of aromatic nitrogens is 4. The quantitative estimate of drug-likeness (QED) is 0.638. The fourth-order valence-corrected chi connectivity index (χ4v) is 3.48. The van der Waals surface area contributed by atoms with Crippen molar-refractivity contribution < 1.29 is 4.74 Å². The zero-order valence-corrected chi connectivity index (χ0v) is 15.0. The van der Waals surface area contributed by atoms with Gasteiger partial charge in [-0.1, -0.05) is 29.8 Å². The van der Waals surface area contributed by atoms with Crippen LogP contribution in [0.25, 0.3) is 11.4 Å². The van der Waals surface area contributed by atoms with Gasteiger partial charge in [-0.05, 0) is 55.3 Å². The van der Waals surface area contributed by atoms with E-state index in [-0.39, 0.29) is 0 Å². The third-order valence-electron chi connectivity index (χ3n) is 2.93. The van der Waals surface area contributed by atoms with Crippen LogP contribution in [0.5, 0.6) is 5.75 Å². The summed E-state index contributed by atoms with van der Waals surface area (Å²) in [5, 5.41) is 14.6. The van der Waals surface area contributed by atoms with E-state index in [2.05, 4.69) is 52.5 Å². The van der Waals surface area contributed by atoms with Gasteiger partial charge in [0.1, 0.15) is 12.4 Å². The number of tetrazole rings is 1. The van der Waals surface area contributed by atoms with Crippen molar-refractivity contribution in [1.82, 2.24) is 20.6 Å². The largest absolute Gasteiger partial charge is 0.486 e. The Morgan fingerprint density at radius 2 is 1.86 bits per heavy atom. The molecule has 0 radical (unpaired) electrons. The van der Waals surface area contributed by atoms with E-state index in [0.717, 1.165) is 20.1 Å². The first-order chi connectivity index (χ1) is 10.6. The van der Waals surface area contributed by atoms with Crippen molar-refractivity contribution in [2.24, 2.45) is 0 Å². The number of rotatable bonds is 4. The lowest BCUT2D eigenvalue weighted by Gasteiger charge is -2.12. The Morgan fingerprint density at radius 3 is 2.50 bits per heavy atom. The highest BCUT2D eigenvalue weighted by Crippen LogP contribution is 2.37. The van der Waals surface area contributed by atoms with Crippen LogP contribution in [0.15, 0.2) is 45.3 Å². The van der Waals surface area contributed by atoms with E-state index in [0.29, 0.717) is 23.2 Å². The molecule has 0 atom stereocenters. The number of halogens is 3. The fraction of sp³-hybridized carbons (Fsp3) is 0.0714. The molecule has 0 amide bonds. The first kappa shape index (κ1) is 15.5. The van der Waals surface area contributed by atoms with Crippen molar-refractivity contribution in [2.45, 2.75) is 6.61 Å². The van der Waals surface area contributed by atoms with Crippen LogP contribution in [0.4, 0.5) is 0 Å². The van der Waals surface area contributed by atoms with Gasteiger partial charge in [0.25, 0.3) is 0 Å². The summed E-state index contributed by atoms with van der Waals surface area (Å²) in [4.78, 5) is 0. The lowest BCUT2D eigenvalue weighted by molar-refractivity contribution is 0.302. The first-order valence-electron chi connectivity index (χ1n) is 6.24. The standard InChI is InChI=1S/C14H9Br2ClN4O/c15-10-5-9(14-18-20-21-19-14)6-11(16)13(10)22-7-8-3-1-2-4-12(8)17/h1-6H,7H2,(H,18,19,20,21). The van der Waals surface area contributed by atoms with E-state index in [1.165, 1.54) is 0 Å². The fourth-order valence-electron chi connectivity index (χ4n) is 1.88. The average Bonchev–Trinajstić information content (AvgIpc) is 3.02. The van der Waals surface area contributed by atoms with Gasteiger partial charge in [0.05, 0.1) is 8.95 Å². The number of hydrogen-bond donors (Lipinski definition) is 1. The van der Waals surface area contributed by atoms with Crippen LogP contribution in [-0.2, 0) is 6.61 Å². The molecule has 0 fully saturated rings. The summed E-state index contributed by atoms with van der Waals surface area (Å²) in [6, 6.07) is 11.3. The molecule has 0 saturated carbocycles. The van der Waals surface area contributed by atoms with Crippen LogP contribution >= 0.6 is 43.5 Å². The number of H-pyrrole nitrogens is 1. The maximum absolute atomic E-state index is 6.13. The van der Waals surface area contributed by atoms with Crippen molar-refractivity contribution in [3.05, 3.63) is 55.9 Å². The lowest BCUT2D eigenvalue weighted by atomic mass is 10.2. The summed E-state index contributed by atoms with van der Waals surface area (Å²) in [6.45, 7) is 0.373. The van der Waals surface area contributed by atoms with Crippen molar-refractivity contribution >= 4 is 43.5 Å². The predicted octanol–water partition coefficient (Wildman–Crippen LogP) is 4.62. The maximum Gasteiger partial charge on any atom is 0.204 e. The van der Waals surface area contributed by atoms with E-state index >= 15 is 0 Å². The molecule has 5 nitrogen and oxygen atoms in total. The Labute approximate surface area is 148 Å². The smallest absolute Gasteiger partial charge is 0.204 e. The van der Waals surface area contributed by atoms with E-state index in [1.807, 2.05) is 36.4 Å². The molecule has 8 heteroatoms. The number of benzene rings is 2. The number of ether oxygens (including phenoxy) is 1. The molecule has 3 aromatic rings. The highest BCUT2D eigenvalue weighted by atomic mass is 79.9. The summed E-state index contributed by atoms with van der Waals surface area (Å²) < 4.78 is 7.44. The molecule has 0 aliphatic rings. The highest BCUT2D eigenvalue weighted by Gasteiger charge is 2.13. The zero-order valence-electron chi connectivity index (χ0n) is 11.1. The molecule has 0 spiro atoms. The zero-order chi connectivity index (χ0) is 15.5. The second kappa shape index (κ2) is 6.76. The SMILES string of the molecule is Clc1ccccc1COc1c(Br)cc(-c2nn[nH]n2)cc1Br. The first-order valence-corrected chi connectivity index (χ1v) is 8.20. The second-order valence-corrected chi connectivity index (χ2v) is 6.50. The Hall–Kier alpha value is -1.44. The van der Waals surface area contributed by atoms with Crippen LogP contribution in [0.1, 0.15) is 5.56 Å². The monoisotopic (exact) mass is 442 g/mol. The van der Waals surface area contributed by atoms with Crippen molar-refractivity contribution in [2.75, 3.05) is 0 Å². The van der Waals surface area contributed by atoms with Crippen molar-refractivity contribution in [3.8, 4) is 17.1 Å². The number of aromatic amines is 1. The van der Waals surface area contributed by atoms with Gasteiger partial charge in [-0.15, -0.1) is 10.2 Å². The van der Waals surface area contributed by atoms with Gasteiger partial charge in [-0.3, -0.25) is 0 Å². The van der Waals surface area contributed by atoms with Gasteiger partial charge in [-0.2, -0.15) is 5.21 Å². The average molecular weight is 445 g/mol. The number of nitrogens with zero attached hydrogens (tertiary/aromatic N) is 3. The molecular formula is C14H9Br2ClN4O. The molecule has 1 aromatic heterocycles. The molecule has 3 rings (SSSR count). The van der Waals surface area contributed by atoms with Gasteiger partial charge in [0.15, 0.2) is 0 Å². The molecule has 0 bridgehead atoms. The van der Waals surface area contributed by atoms with Gasteiger partial charge in [0.2, 0.25) is 5.82 Å². The van der Waals surface area contributed by atoms with Crippen molar-refractivity contribution in [1.29, 1.82) is 0 Å². The van der Waals surface area contributed by atoms with Gasteiger partial charge in [-0.25, -0.2) is 0 Å². The molecular weight excluding hydrogens is 435 g/mol. The molecule has 2 aromatic carbocycles. The molecule has 22 heavy (non-hydrogen) atoms. The highest BCUT2D eigenvalue weighted by molar-refractivity contribution is 9.11. The van der Waals surface area contributed by atoms with E-state index in [1.54, 1.807) is 0 Å². The van der Waals surface area contributed by atoms with Crippen LogP contribution in [0, 0.1) is 0 Å². The van der Waals surface area contributed by atoms with Gasteiger partial charge < -0.3 is 4.74 Å². The van der Waals surface area contributed by atoms with Crippen LogP contribution in [0.3, 0.4) is 0 Å². The van der Waals surface area contributed by atoms with Crippen LogP contribution in [-0.4, -0.2) is 20.6 Å². The molecule has 0 saturated heterocycles. The minimum Gasteiger partial charge on any atom is -0.486 e. The molecule has 112 valence electrons. The van der Waals surface area contributed by atoms with E-state index in [4.69, 9.17) is 16.3 Å². The van der Waals surface area contributed by atoms with Crippen molar-refractivity contribution in [3.63, 3.8) is 0 Å². The van der Waals surface area contributed by atoms with Crippen LogP contribution < -0.4 is 4.74 Å². The van der Waals surface area contributed by atoms with Gasteiger partial charge >= 0.3 is 0 Å². The second-order valence-electron chi connectivity index (χ2n) is 4.38. The van der Waals surface area contributed by atoms with E-state index in [9.17, 15) is 0 Å². The summed E-state index contributed by atoms with van der Waals surface area (Å²) in [7, 11) is 0. The Balaban J connectivity index is 1.84. The molecule has 1 heterocycles. The Bertz CT molecular complexity index is 772. The van der Waals surface area contributed by atoms with E-state index < -0.39 is 0 Å². The molecule has 1 N–H and O–H groups in total. The third-order valence-corrected chi connectivity index (χ3v) is 4.48. The Kier molecular flexibility index (Phi) is 4.75. The number of nitrogens with one attached hydrogen (secondary N) is 1. The van der Waals surface area contributed by atoms with Gasteiger partial charge in [0, 0.05) is 16.1 Å². The summed E-state index contributed by atoms with van der Waals surface area (Å²) >= 11 is 13.1. The summed E-state index contributed by atoms with van der Waals surface area (Å²) in [5.74, 6) is 1.20. The molecule has 0 aliphatic carbocycles. The number of hydrogen-bond acceptors (Lipinski definition) is 4. The maximum atomic E-state index is 6.13. The molecule has 0 aliphatic heterocycles. The third kappa shape index (κ3) is 3.31. The topological polar surface area (TPSA) is 63.7 Å². The minimum atomic E-state index is 0.373. The molecule has 0 unspecified atom stereocenters. The minimum absolute atomic E-state index is 0.373. The predicted molar refractivity (Wildman–Crippen MR) is 90.8 cm³/mol.